The Balaban J connectivity index is 2.02. The zero-order valence-electron chi connectivity index (χ0n) is 10.9. The van der Waals surface area contributed by atoms with E-state index in [0.717, 1.165) is 23.9 Å². The molecule has 19 heavy (non-hydrogen) atoms. The number of amides is 1. The molecule has 1 fully saturated rings. The average Bonchev–Trinajstić information content (AvgIpc) is 2.91. The summed E-state index contributed by atoms with van der Waals surface area (Å²) in [6.07, 6.45) is 2.23. The average molecular weight is 328 g/mol. The highest BCUT2D eigenvalue weighted by atomic mass is 79.9. The van der Waals surface area contributed by atoms with Crippen LogP contribution in [0.5, 0.6) is 5.75 Å². The SMILES string of the molecule is CCOc1ccc(Br)cc1C(=O)NCC1CCCO1. The van der Waals surface area contributed by atoms with Gasteiger partial charge in [0, 0.05) is 17.6 Å². The van der Waals surface area contributed by atoms with Crippen molar-refractivity contribution in [3.63, 3.8) is 0 Å². The maximum absolute atomic E-state index is 12.2. The van der Waals surface area contributed by atoms with Gasteiger partial charge in [-0.25, -0.2) is 0 Å². The van der Waals surface area contributed by atoms with Crippen LogP contribution in [0.15, 0.2) is 22.7 Å². The van der Waals surface area contributed by atoms with Gasteiger partial charge in [-0.3, -0.25) is 4.79 Å². The molecule has 0 spiro atoms. The van der Waals surface area contributed by atoms with Gasteiger partial charge in [-0.2, -0.15) is 0 Å². The molecule has 0 saturated carbocycles. The Morgan fingerprint density at radius 3 is 3.11 bits per heavy atom. The fourth-order valence-electron chi connectivity index (χ4n) is 2.07. The highest BCUT2D eigenvalue weighted by Crippen LogP contribution is 2.23. The molecule has 1 aliphatic rings. The number of rotatable bonds is 5. The molecule has 1 amide bonds. The molecular weight excluding hydrogens is 310 g/mol. The third-order valence-corrected chi connectivity index (χ3v) is 3.49. The lowest BCUT2D eigenvalue weighted by Crippen LogP contribution is -2.32. The molecule has 0 aliphatic carbocycles. The summed E-state index contributed by atoms with van der Waals surface area (Å²) in [6, 6.07) is 5.44. The van der Waals surface area contributed by atoms with Gasteiger partial charge < -0.3 is 14.8 Å². The smallest absolute Gasteiger partial charge is 0.255 e. The molecule has 1 heterocycles. The first kappa shape index (κ1) is 14.3. The largest absolute Gasteiger partial charge is 0.493 e. The van der Waals surface area contributed by atoms with E-state index in [1.807, 2.05) is 13.0 Å². The van der Waals surface area contributed by atoms with E-state index < -0.39 is 0 Å². The van der Waals surface area contributed by atoms with Crippen LogP contribution in [-0.2, 0) is 4.74 Å². The maximum atomic E-state index is 12.2. The third kappa shape index (κ3) is 3.94. The molecule has 0 aromatic heterocycles. The second kappa shape index (κ2) is 6.91. The molecule has 0 radical (unpaired) electrons. The molecule has 1 aromatic carbocycles. The summed E-state index contributed by atoms with van der Waals surface area (Å²) >= 11 is 3.37. The van der Waals surface area contributed by atoms with Gasteiger partial charge in [-0.15, -0.1) is 0 Å². The Labute approximate surface area is 121 Å². The maximum Gasteiger partial charge on any atom is 0.255 e. The van der Waals surface area contributed by atoms with Crippen molar-refractivity contribution in [2.75, 3.05) is 19.8 Å². The zero-order valence-corrected chi connectivity index (χ0v) is 12.5. The third-order valence-electron chi connectivity index (χ3n) is 3.00. The number of ether oxygens (including phenoxy) is 2. The summed E-state index contributed by atoms with van der Waals surface area (Å²) in [6.45, 7) is 3.78. The van der Waals surface area contributed by atoms with Crippen LogP contribution in [0.2, 0.25) is 0 Å². The highest BCUT2D eigenvalue weighted by molar-refractivity contribution is 9.10. The number of hydrogen-bond acceptors (Lipinski definition) is 3. The van der Waals surface area contributed by atoms with E-state index in [1.165, 1.54) is 0 Å². The van der Waals surface area contributed by atoms with Crippen molar-refractivity contribution in [1.29, 1.82) is 0 Å². The minimum absolute atomic E-state index is 0.125. The fourth-order valence-corrected chi connectivity index (χ4v) is 2.43. The van der Waals surface area contributed by atoms with Gasteiger partial charge in [0.15, 0.2) is 0 Å². The number of halogens is 1. The summed E-state index contributed by atoms with van der Waals surface area (Å²) in [5.41, 5.74) is 0.550. The molecule has 1 aliphatic heterocycles. The Kier molecular flexibility index (Phi) is 5.22. The van der Waals surface area contributed by atoms with Crippen LogP contribution in [0, 0.1) is 0 Å². The summed E-state index contributed by atoms with van der Waals surface area (Å²) in [5.74, 6) is 0.482. The fraction of sp³-hybridized carbons (Fsp3) is 0.500. The van der Waals surface area contributed by atoms with Gasteiger partial charge in [0.2, 0.25) is 0 Å². The summed E-state index contributed by atoms with van der Waals surface area (Å²) < 4.78 is 11.8. The van der Waals surface area contributed by atoms with Crippen molar-refractivity contribution >= 4 is 21.8 Å². The molecule has 1 N–H and O–H groups in total. The van der Waals surface area contributed by atoms with Crippen molar-refractivity contribution < 1.29 is 14.3 Å². The quantitative estimate of drug-likeness (QED) is 0.904. The molecule has 1 atom stereocenters. The monoisotopic (exact) mass is 327 g/mol. The lowest BCUT2D eigenvalue weighted by molar-refractivity contribution is 0.0854. The summed E-state index contributed by atoms with van der Waals surface area (Å²) in [4.78, 5) is 12.2. The summed E-state index contributed by atoms with van der Waals surface area (Å²) in [7, 11) is 0. The van der Waals surface area contributed by atoms with Gasteiger partial charge in [0.05, 0.1) is 18.3 Å². The number of nitrogens with one attached hydrogen (secondary N) is 1. The predicted molar refractivity (Wildman–Crippen MR) is 76.6 cm³/mol. The van der Waals surface area contributed by atoms with Crippen LogP contribution in [0.25, 0.3) is 0 Å². The van der Waals surface area contributed by atoms with E-state index in [0.29, 0.717) is 24.5 Å². The normalized spacial score (nSPS) is 18.3. The molecule has 1 unspecified atom stereocenters. The van der Waals surface area contributed by atoms with Crippen LogP contribution in [-0.4, -0.2) is 31.8 Å². The number of benzene rings is 1. The van der Waals surface area contributed by atoms with Gasteiger partial charge in [-0.05, 0) is 38.0 Å². The Morgan fingerprint density at radius 1 is 1.58 bits per heavy atom. The number of hydrogen-bond donors (Lipinski definition) is 1. The van der Waals surface area contributed by atoms with Crippen molar-refractivity contribution in [2.45, 2.75) is 25.9 Å². The van der Waals surface area contributed by atoms with Crippen molar-refractivity contribution in [3.05, 3.63) is 28.2 Å². The molecule has 1 saturated heterocycles. The van der Waals surface area contributed by atoms with Crippen LogP contribution >= 0.6 is 15.9 Å². The minimum Gasteiger partial charge on any atom is -0.493 e. The second-order valence-corrected chi connectivity index (χ2v) is 5.33. The van der Waals surface area contributed by atoms with Crippen molar-refractivity contribution in [3.8, 4) is 5.75 Å². The predicted octanol–water partition coefficient (Wildman–Crippen LogP) is 2.76. The molecule has 2 rings (SSSR count). The lowest BCUT2D eigenvalue weighted by atomic mass is 10.1. The standard InChI is InChI=1S/C14H18BrNO3/c1-2-18-13-6-5-10(15)8-12(13)14(17)16-9-11-4-3-7-19-11/h5-6,8,11H,2-4,7,9H2,1H3,(H,16,17). The zero-order chi connectivity index (χ0) is 13.7. The van der Waals surface area contributed by atoms with E-state index >= 15 is 0 Å². The second-order valence-electron chi connectivity index (χ2n) is 4.42. The van der Waals surface area contributed by atoms with Crippen LogP contribution in [0.1, 0.15) is 30.1 Å². The van der Waals surface area contributed by atoms with Crippen molar-refractivity contribution in [2.24, 2.45) is 0 Å². The number of carbonyl (C=O) groups is 1. The van der Waals surface area contributed by atoms with E-state index in [-0.39, 0.29) is 12.0 Å². The molecule has 1 aromatic rings. The van der Waals surface area contributed by atoms with Crippen molar-refractivity contribution in [1.82, 2.24) is 5.32 Å². The molecule has 4 nitrogen and oxygen atoms in total. The van der Waals surface area contributed by atoms with Crippen LogP contribution in [0.3, 0.4) is 0 Å². The highest BCUT2D eigenvalue weighted by Gasteiger charge is 2.18. The summed E-state index contributed by atoms with van der Waals surface area (Å²) in [5, 5.41) is 2.90. The Morgan fingerprint density at radius 2 is 2.42 bits per heavy atom. The molecule has 0 bridgehead atoms. The van der Waals surface area contributed by atoms with E-state index in [1.54, 1.807) is 12.1 Å². The lowest BCUT2D eigenvalue weighted by Gasteiger charge is -2.13. The first-order valence-corrected chi connectivity index (χ1v) is 7.32. The van der Waals surface area contributed by atoms with Gasteiger partial charge in [-0.1, -0.05) is 15.9 Å². The topological polar surface area (TPSA) is 47.6 Å². The Hall–Kier alpha value is -1.07. The van der Waals surface area contributed by atoms with E-state index in [9.17, 15) is 4.79 Å². The first-order valence-electron chi connectivity index (χ1n) is 6.53. The first-order chi connectivity index (χ1) is 9.20. The molecule has 5 heteroatoms. The van der Waals surface area contributed by atoms with Gasteiger partial charge >= 0.3 is 0 Å². The van der Waals surface area contributed by atoms with Crippen LogP contribution in [0.4, 0.5) is 0 Å². The number of carbonyl (C=O) groups excluding carboxylic acids is 1. The molecule has 104 valence electrons. The van der Waals surface area contributed by atoms with Crippen LogP contribution < -0.4 is 10.1 Å². The van der Waals surface area contributed by atoms with E-state index in [4.69, 9.17) is 9.47 Å². The molecular formula is C14H18BrNO3. The van der Waals surface area contributed by atoms with Gasteiger partial charge in [0.25, 0.3) is 5.91 Å². The van der Waals surface area contributed by atoms with E-state index in [2.05, 4.69) is 21.2 Å². The van der Waals surface area contributed by atoms with Gasteiger partial charge in [0.1, 0.15) is 5.75 Å². The minimum atomic E-state index is -0.125. The Bertz CT molecular complexity index is 444.